The fourth-order valence-corrected chi connectivity index (χ4v) is 7.42. The van der Waals surface area contributed by atoms with Crippen LogP contribution >= 0.6 is 0 Å². The van der Waals surface area contributed by atoms with E-state index >= 15 is 0 Å². The third-order valence-corrected chi connectivity index (χ3v) is 8.05. The van der Waals surface area contributed by atoms with E-state index in [-0.39, 0.29) is 0 Å². The van der Waals surface area contributed by atoms with Gasteiger partial charge in [0.25, 0.3) is 6.73 Å². The van der Waals surface area contributed by atoms with Crippen LogP contribution in [0, 0.1) is 29.1 Å². The van der Waals surface area contributed by atoms with Crippen LogP contribution in [0.1, 0.15) is 44.6 Å². The second kappa shape index (κ2) is 4.53. The predicted octanol–water partition coefficient (Wildman–Crippen LogP) is 4.31. The Morgan fingerprint density at radius 1 is 1.00 bits per heavy atom. The van der Waals surface area contributed by atoms with Gasteiger partial charge in [-0.1, -0.05) is 30.3 Å². The molecule has 1 aliphatic heterocycles. The van der Waals surface area contributed by atoms with Gasteiger partial charge in [-0.25, -0.2) is 0 Å². The highest BCUT2D eigenvalue weighted by molar-refractivity contribution is 5.95. The fourth-order valence-electron chi connectivity index (χ4n) is 7.42. The third kappa shape index (κ3) is 1.60. The average molecular weight is 320 g/mol. The monoisotopic (exact) mass is 320 g/mol. The van der Waals surface area contributed by atoms with Crippen LogP contribution < -0.4 is 0 Å². The summed E-state index contributed by atoms with van der Waals surface area (Å²) in [7, 11) is 0. The number of hydrogen-bond donors (Lipinski definition) is 0. The Hall–Kier alpha value is -1.57. The maximum Gasteiger partial charge on any atom is 0.287 e. The van der Waals surface area contributed by atoms with E-state index in [1.54, 1.807) is 19.3 Å². The highest BCUT2D eigenvalue weighted by atomic mass is 16.5. The van der Waals surface area contributed by atoms with Crippen LogP contribution in [-0.2, 0) is 4.74 Å². The first kappa shape index (κ1) is 13.7. The van der Waals surface area contributed by atoms with Gasteiger partial charge in [0.2, 0.25) is 0 Å². The van der Waals surface area contributed by atoms with Gasteiger partial charge in [0.1, 0.15) is 5.76 Å². The van der Waals surface area contributed by atoms with Crippen LogP contribution in [0.4, 0.5) is 0 Å². The van der Waals surface area contributed by atoms with E-state index in [2.05, 4.69) is 47.9 Å². The lowest BCUT2D eigenvalue weighted by Crippen LogP contribution is -2.61. The van der Waals surface area contributed by atoms with Crippen LogP contribution in [0.5, 0.6) is 0 Å². The van der Waals surface area contributed by atoms with Gasteiger partial charge in [-0.15, -0.1) is 0 Å². The molecule has 2 heteroatoms. The summed E-state index contributed by atoms with van der Waals surface area (Å²) in [4.78, 5) is 0. The second-order valence-corrected chi connectivity index (χ2v) is 9.04. The average Bonchev–Trinajstić information content (AvgIpc) is 2.97. The molecule has 4 saturated carbocycles. The molecule has 4 atom stereocenters. The quantitative estimate of drug-likeness (QED) is 0.740. The summed E-state index contributed by atoms with van der Waals surface area (Å²) in [6, 6.07) is 11.3. The summed E-state index contributed by atoms with van der Waals surface area (Å²) >= 11 is 0. The molecule has 4 unspecified atom stereocenters. The van der Waals surface area contributed by atoms with Crippen molar-refractivity contribution in [1.29, 1.82) is 0 Å². The molecule has 0 N–H and O–H groups in total. The number of ether oxygens (including phenoxy) is 1. The van der Waals surface area contributed by atoms with Gasteiger partial charge in [0.05, 0.1) is 0 Å². The largest absolute Gasteiger partial charge is 0.435 e. The molecule has 124 valence electrons. The summed E-state index contributed by atoms with van der Waals surface area (Å²) in [6.45, 7) is 3.03. The van der Waals surface area contributed by atoms with Crippen molar-refractivity contribution in [2.24, 2.45) is 29.1 Å². The molecule has 5 aliphatic rings. The lowest BCUT2D eigenvalue weighted by Gasteiger charge is -2.52. The molecule has 24 heavy (non-hydrogen) atoms. The Morgan fingerprint density at radius 3 is 2.38 bits per heavy atom. The molecule has 1 aromatic carbocycles. The fraction of sp³-hybridized carbons (Fsp3) is 0.591. The standard InChI is InChI=1S/C22H26NO/c1-14-7-20(17-5-3-2-4-6-17)24-13-23(14)21-18-9-15-8-16-10-19(21)22(18,11-15)12-16/h2-7,15-16,18-19,21H,8-13H2,1H3/q+1. The van der Waals surface area contributed by atoms with Gasteiger partial charge in [-0.3, -0.25) is 0 Å². The topological polar surface area (TPSA) is 12.2 Å². The van der Waals surface area contributed by atoms with E-state index in [4.69, 9.17) is 4.74 Å². The first-order valence-electron chi connectivity index (χ1n) is 9.75. The number of allylic oxidation sites excluding steroid dienone is 1. The van der Waals surface area contributed by atoms with Crippen molar-refractivity contribution in [2.75, 3.05) is 6.73 Å². The lowest BCUT2D eigenvalue weighted by atomic mass is 9.52. The number of nitrogens with zero attached hydrogens (tertiary/aromatic N) is 1. The molecule has 3 bridgehead atoms. The van der Waals surface area contributed by atoms with E-state index in [1.807, 2.05) is 0 Å². The molecule has 0 aromatic heterocycles. The van der Waals surface area contributed by atoms with Gasteiger partial charge >= 0.3 is 0 Å². The van der Waals surface area contributed by atoms with Crippen LogP contribution in [0.2, 0.25) is 0 Å². The molecule has 1 aromatic rings. The summed E-state index contributed by atoms with van der Waals surface area (Å²) in [5.41, 5.74) is 3.36. The minimum atomic E-state index is 0.746. The summed E-state index contributed by atoms with van der Waals surface area (Å²) < 4.78 is 8.81. The lowest BCUT2D eigenvalue weighted by molar-refractivity contribution is -0.636. The maximum absolute atomic E-state index is 6.20. The van der Waals surface area contributed by atoms with Crippen molar-refractivity contribution in [1.82, 2.24) is 0 Å². The van der Waals surface area contributed by atoms with Crippen LogP contribution in [-0.4, -0.2) is 23.1 Å². The molecule has 0 amide bonds. The van der Waals surface area contributed by atoms with Crippen LogP contribution in [0.15, 0.2) is 36.4 Å². The van der Waals surface area contributed by atoms with Gasteiger partial charge in [0, 0.05) is 30.4 Å². The van der Waals surface area contributed by atoms with Crippen molar-refractivity contribution in [3.8, 4) is 0 Å². The molecular formula is C22H26NO+. The molecule has 0 radical (unpaired) electrons. The predicted molar refractivity (Wildman–Crippen MR) is 94.6 cm³/mol. The van der Waals surface area contributed by atoms with Crippen molar-refractivity contribution >= 4 is 11.5 Å². The highest BCUT2D eigenvalue weighted by Crippen LogP contribution is 2.75. The third-order valence-electron chi connectivity index (χ3n) is 8.05. The summed E-state index contributed by atoms with van der Waals surface area (Å²) in [6.07, 6.45) is 9.90. The molecule has 4 fully saturated rings. The van der Waals surface area contributed by atoms with Gasteiger partial charge in [0.15, 0.2) is 11.8 Å². The summed E-state index contributed by atoms with van der Waals surface area (Å²) in [5, 5.41) is 0. The second-order valence-electron chi connectivity index (χ2n) is 9.04. The minimum absolute atomic E-state index is 0.746. The Balaban J connectivity index is 1.35. The number of hydrogen-bond acceptors (Lipinski definition) is 1. The van der Waals surface area contributed by atoms with E-state index in [1.165, 1.54) is 24.1 Å². The van der Waals surface area contributed by atoms with E-state index in [0.717, 1.165) is 47.6 Å². The Bertz CT molecular complexity index is 737. The van der Waals surface area contributed by atoms with E-state index in [9.17, 15) is 0 Å². The zero-order chi connectivity index (χ0) is 15.9. The molecular weight excluding hydrogens is 294 g/mol. The van der Waals surface area contributed by atoms with E-state index in [0.29, 0.717) is 0 Å². The first-order valence-corrected chi connectivity index (χ1v) is 9.75. The van der Waals surface area contributed by atoms with Gasteiger partial charge in [-0.2, -0.15) is 4.58 Å². The normalized spacial score (nSPS) is 44.9. The molecule has 6 rings (SSSR count). The molecule has 2 nitrogen and oxygen atoms in total. The first-order chi connectivity index (χ1) is 11.7. The van der Waals surface area contributed by atoms with Gasteiger partial charge in [-0.05, 0) is 49.4 Å². The Labute approximate surface area is 144 Å². The number of benzene rings is 1. The molecule has 1 heterocycles. The van der Waals surface area contributed by atoms with E-state index < -0.39 is 0 Å². The Morgan fingerprint density at radius 2 is 1.71 bits per heavy atom. The zero-order valence-corrected chi connectivity index (χ0v) is 14.4. The van der Waals surface area contributed by atoms with Crippen LogP contribution in [0.3, 0.4) is 0 Å². The van der Waals surface area contributed by atoms with Crippen molar-refractivity contribution in [3.63, 3.8) is 0 Å². The minimum Gasteiger partial charge on any atom is -0.435 e. The van der Waals surface area contributed by atoms with Crippen molar-refractivity contribution < 1.29 is 9.31 Å². The van der Waals surface area contributed by atoms with Crippen molar-refractivity contribution in [3.05, 3.63) is 42.0 Å². The van der Waals surface area contributed by atoms with Gasteiger partial charge < -0.3 is 4.74 Å². The molecule has 1 spiro atoms. The highest BCUT2D eigenvalue weighted by Gasteiger charge is 2.75. The SMILES string of the molecule is CC1=[N+](C2C3CC4CC5CC2C3(C4)C5)COC(c2ccccc2)=C1. The number of fused-ring (bicyclic) bond motifs is 2. The maximum atomic E-state index is 6.20. The molecule has 0 saturated heterocycles. The molecule has 4 aliphatic carbocycles. The smallest absolute Gasteiger partial charge is 0.287 e. The van der Waals surface area contributed by atoms with Crippen molar-refractivity contribution in [2.45, 2.75) is 45.1 Å². The van der Waals surface area contributed by atoms with Crippen LogP contribution in [0.25, 0.3) is 5.76 Å². The number of rotatable bonds is 2. The zero-order valence-electron chi connectivity index (χ0n) is 14.4. The summed E-state index contributed by atoms with van der Waals surface area (Å²) in [5.74, 6) is 5.03. The Kier molecular flexibility index (Phi) is 2.58.